The van der Waals surface area contributed by atoms with E-state index < -0.39 is 0 Å². The molecule has 0 saturated carbocycles. The molecule has 1 atom stereocenters. The van der Waals surface area contributed by atoms with Gasteiger partial charge in [-0.2, -0.15) is 0 Å². The molecule has 0 heterocycles. The highest BCUT2D eigenvalue weighted by Crippen LogP contribution is 2.30. The first-order chi connectivity index (χ1) is 11.8. The molecular formula is C21H27NO3. The van der Waals surface area contributed by atoms with Crippen LogP contribution in [0.2, 0.25) is 0 Å². The predicted octanol–water partition coefficient (Wildman–Crippen LogP) is 4.25. The summed E-state index contributed by atoms with van der Waals surface area (Å²) in [4.78, 5) is 12.2. The van der Waals surface area contributed by atoms with Gasteiger partial charge in [0.1, 0.15) is 11.5 Å². The molecule has 0 spiro atoms. The van der Waals surface area contributed by atoms with Gasteiger partial charge in [0.15, 0.2) is 6.61 Å². The van der Waals surface area contributed by atoms with E-state index in [0.29, 0.717) is 0 Å². The first-order valence-corrected chi connectivity index (χ1v) is 8.47. The van der Waals surface area contributed by atoms with Gasteiger partial charge in [-0.25, -0.2) is 0 Å². The van der Waals surface area contributed by atoms with Crippen LogP contribution in [0.15, 0.2) is 48.5 Å². The molecule has 2 rings (SSSR count). The number of hydrogen-bond donors (Lipinski definition) is 1. The molecule has 2 aromatic carbocycles. The number of methoxy groups -OCH3 is 1. The fourth-order valence-electron chi connectivity index (χ4n) is 2.61. The highest BCUT2D eigenvalue weighted by Gasteiger charge is 2.19. The molecule has 0 aliphatic rings. The van der Waals surface area contributed by atoms with E-state index in [1.165, 1.54) is 0 Å². The lowest BCUT2D eigenvalue weighted by atomic mass is 9.86. The van der Waals surface area contributed by atoms with E-state index in [0.717, 1.165) is 22.6 Å². The second-order valence-corrected chi connectivity index (χ2v) is 7.10. The quantitative estimate of drug-likeness (QED) is 0.854. The lowest BCUT2D eigenvalue weighted by Crippen LogP contribution is -2.31. The van der Waals surface area contributed by atoms with Crippen LogP contribution in [-0.2, 0) is 10.2 Å². The number of hydrogen-bond acceptors (Lipinski definition) is 3. The summed E-state index contributed by atoms with van der Waals surface area (Å²) in [6.45, 7) is 8.32. The van der Waals surface area contributed by atoms with Crippen molar-refractivity contribution >= 4 is 5.91 Å². The molecule has 0 fully saturated rings. The van der Waals surface area contributed by atoms with Gasteiger partial charge in [-0.15, -0.1) is 0 Å². The first-order valence-electron chi connectivity index (χ1n) is 8.47. The Labute approximate surface area is 150 Å². The molecule has 134 valence electrons. The van der Waals surface area contributed by atoms with Crippen molar-refractivity contribution in [1.29, 1.82) is 0 Å². The van der Waals surface area contributed by atoms with E-state index in [2.05, 4.69) is 26.1 Å². The second kappa shape index (κ2) is 8.06. The van der Waals surface area contributed by atoms with Crippen molar-refractivity contribution in [1.82, 2.24) is 5.32 Å². The number of rotatable bonds is 6. The molecular weight excluding hydrogens is 314 g/mol. The number of carbonyl (C=O) groups excluding carboxylic acids is 1. The van der Waals surface area contributed by atoms with Crippen molar-refractivity contribution in [3.8, 4) is 11.5 Å². The van der Waals surface area contributed by atoms with Crippen LogP contribution in [0.4, 0.5) is 0 Å². The van der Waals surface area contributed by atoms with E-state index in [4.69, 9.17) is 9.47 Å². The van der Waals surface area contributed by atoms with Crippen LogP contribution >= 0.6 is 0 Å². The first kappa shape index (κ1) is 18.8. The minimum absolute atomic E-state index is 0.00636. The number of carbonyl (C=O) groups is 1. The second-order valence-electron chi connectivity index (χ2n) is 7.10. The smallest absolute Gasteiger partial charge is 0.258 e. The molecule has 0 saturated heterocycles. The molecule has 0 radical (unpaired) electrons. The van der Waals surface area contributed by atoms with Crippen molar-refractivity contribution in [2.45, 2.75) is 39.2 Å². The molecule has 25 heavy (non-hydrogen) atoms. The highest BCUT2D eigenvalue weighted by atomic mass is 16.5. The largest absolute Gasteiger partial charge is 0.497 e. The molecule has 2 aromatic rings. The van der Waals surface area contributed by atoms with Crippen LogP contribution < -0.4 is 14.8 Å². The summed E-state index contributed by atoms with van der Waals surface area (Å²) in [6, 6.07) is 15.4. The number of nitrogens with one attached hydrogen (secondary N) is 1. The molecule has 4 heteroatoms. The van der Waals surface area contributed by atoms with E-state index in [9.17, 15) is 4.79 Å². The third-order valence-electron chi connectivity index (χ3n) is 4.05. The highest BCUT2D eigenvalue weighted by molar-refractivity contribution is 5.78. The van der Waals surface area contributed by atoms with E-state index in [1.807, 2.05) is 55.5 Å². The maximum atomic E-state index is 12.2. The lowest BCUT2D eigenvalue weighted by Gasteiger charge is -2.23. The zero-order chi connectivity index (χ0) is 18.4. The molecule has 4 nitrogen and oxygen atoms in total. The topological polar surface area (TPSA) is 47.6 Å². The third kappa shape index (κ3) is 5.24. The van der Waals surface area contributed by atoms with Gasteiger partial charge in [-0.05, 0) is 41.7 Å². The van der Waals surface area contributed by atoms with Crippen molar-refractivity contribution in [3.63, 3.8) is 0 Å². The molecule has 0 aromatic heterocycles. The molecule has 1 amide bonds. The van der Waals surface area contributed by atoms with Gasteiger partial charge >= 0.3 is 0 Å². The fourth-order valence-corrected chi connectivity index (χ4v) is 2.61. The van der Waals surface area contributed by atoms with Crippen molar-refractivity contribution in [2.75, 3.05) is 13.7 Å². The van der Waals surface area contributed by atoms with Gasteiger partial charge in [-0.1, -0.05) is 51.1 Å². The van der Waals surface area contributed by atoms with E-state index >= 15 is 0 Å². The Morgan fingerprint density at radius 2 is 1.72 bits per heavy atom. The van der Waals surface area contributed by atoms with Gasteiger partial charge in [0.2, 0.25) is 0 Å². The Kier molecular flexibility index (Phi) is 6.07. The van der Waals surface area contributed by atoms with Crippen LogP contribution in [0.25, 0.3) is 0 Å². The summed E-state index contributed by atoms with van der Waals surface area (Å²) >= 11 is 0. The van der Waals surface area contributed by atoms with Gasteiger partial charge in [0.05, 0.1) is 13.2 Å². The van der Waals surface area contributed by atoms with Gasteiger partial charge in [-0.3, -0.25) is 4.79 Å². The maximum Gasteiger partial charge on any atom is 0.258 e. The number of para-hydroxylation sites is 1. The van der Waals surface area contributed by atoms with Crippen LogP contribution in [0.3, 0.4) is 0 Å². The van der Waals surface area contributed by atoms with Crippen molar-refractivity contribution < 1.29 is 14.3 Å². The Bertz CT molecular complexity index is 702. The minimum atomic E-state index is -0.146. The van der Waals surface area contributed by atoms with Crippen molar-refractivity contribution in [2.24, 2.45) is 0 Å². The lowest BCUT2D eigenvalue weighted by molar-refractivity contribution is -0.123. The van der Waals surface area contributed by atoms with Gasteiger partial charge < -0.3 is 14.8 Å². The Hall–Kier alpha value is -2.49. The van der Waals surface area contributed by atoms with Gasteiger partial charge in [0, 0.05) is 0 Å². The standard InChI is InChI=1S/C21H27NO3/c1-15(16-10-12-17(24-5)13-11-16)22-20(23)14-25-19-9-7-6-8-18(19)21(2,3)4/h6-13,15H,14H2,1-5H3,(H,22,23)/t15-/m1/s1. The van der Waals surface area contributed by atoms with E-state index in [-0.39, 0.29) is 24.0 Å². The van der Waals surface area contributed by atoms with Crippen LogP contribution in [0.1, 0.15) is 44.9 Å². The Balaban J connectivity index is 1.94. The summed E-state index contributed by atoms with van der Waals surface area (Å²) in [5.74, 6) is 1.40. The van der Waals surface area contributed by atoms with Crippen LogP contribution in [0.5, 0.6) is 11.5 Å². The maximum absolute atomic E-state index is 12.2. The Morgan fingerprint density at radius 3 is 2.32 bits per heavy atom. The number of amides is 1. The number of ether oxygens (including phenoxy) is 2. The average Bonchev–Trinajstić information content (AvgIpc) is 2.59. The molecule has 1 N–H and O–H groups in total. The molecule has 0 aliphatic heterocycles. The fraction of sp³-hybridized carbons (Fsp3) is 0.381. The monoisotopic (exact) mass is 341 g/mol. The summed E-state index contributed by atoms with van der Waals surface area (Å²) in [6.07, 6.45) is 0. The zero-order valence-corrected chi connectivity index (χ0v) is 15.6. The molecule has 0 unspecified atom stereocenters. The van der Waals surface area contributed by atoms with E-state index in [1.54, 1.807) is 7.11 Å². The molecule has 0 bridgehead atoms. The summed E-state index contributed by atoms with van der Waals surface area (Å²) in [5.41, 5.74) is 2.07. The number of benzene rings is 2. The summed E-state index contributed by atoms with van der Waals surface area (Å²) in [7, 11) is 1.63. The third-order valence-corrected chi connectivity index (χ3v) is 4.05. The molecule has 0 aliphatic carbocycles. The Morgan fingerprint density at radius 1 is 1.08 bits per heavy atom. The van der Waals surface area contributed by atoms with Crippen LogP contribution in [0, 0.1) is 0 Å². The zero-order valence-electron chi connectivity index (χ0n) is 15.6. The van der Waals surface area contributed by atoms with Gasteiger partial charge in [0.25, 0.3) is 5.91 Å². The van der Waals surface area contributed by atoms with Crippen molar-refractivity contribution in [3.05, 3.63) is 59.7 Å². The van der Waals surface area contributed by atoms with Crippen LogP contribution in [-0.4, -0.2) is 19.6 Å². The minimum Gasteiger partial charge on any atom is -0.497 e. The predicted molar refractivity (Wildman–Crippen MR) is 100 cm³/mol. The normalized spacial score (nSPS) is 12.4. The summed E-state index contributed by atoms with van der Waals surface area (Å²) < 4.78 is 10.9. The SMILES string of the molecule is COc1ccc([C@@H](C)NC(=O)COc2ccccc2C(C)(C)C)cc1. The summed E-state index contributed by atoms with van der Waals surface area (Å²) in [5, 5.41) is 2.96. The average molecular weight is 341 g/mol.